The SMILES string of the molecule is CCCNC(=O)[C@@H](CC)N(Cc1ccc(C)cc1)C(=O)CN(c1ccc(OC)c(Cl)c1)S(=O)(=O)c1ccc(C)cc1. The maximum atomic E-state index is 14.1. The van der Waals surface area contributed by atoms with E-state index in [1.807, 2.05) is 52.0 Å². The van der Waals surface area contributed by atoms with Crippen molar-refractivity contribution in [1.82, 2.24) is 10.2 Å². The fraction of sp³-hybridized carbons (Fsp3) is 0.355. The van der Waals surface area contributed by atoms with Crippen molar-refractivity contribution < 1.29 is 22.7 Å². The summed E-state index contributed by atoms with van der Waals surface area (Å²) >= 11 is 6.38. The van der Waals surface area contributed by atoms with Crippen LogP contribution in [0.25, 0.3) is 0 Å². The number of carbonyl (C=O) groups excluding carboxylic acids is 2. The van der Waals surface area contributed by atoms with Crippen LogP contribution in [0.15, 0.2) is 71.6 Å². The van der Waals surface area contributed by atoms with Crippen LogP contribution in [-0.2, 0) is 26.2 Å². The molecular weight excluding hydrogens is 562 g/mol. The highest BCUT2D eigenvalue weighted by molar-refractivity contribution is 7.92. The van der Waals surface area contributed by atoms with Gasteiger partial charge in [0.15, 0.2) is 0 Å². The molecular formula is C31H38ClN3O5S. The van der Waals surface area contributed by atoms with Gasteiger partial charge < -0.3 is 15.0 Å². The molecule has 0 aliphatic carbocycles. The molecule has 8 nitrogen and oxygen atoms in total. The lowest BCUT2D eigenvalue weighted by molar-refractivity contribution is -0.140. The molecule has 0 saturated heterocycles. The monoisotopic (exact) mass is 599 g/mol. The molecule has 3 aromatic carbocycles. The zero-order valence-electron chi connectivity index (χ0n) is 24.2. The highest BCUT2D eigenvalue weighted by atomic mass is 35.5. The highest BCUT2D eigenvalue weighted by Gasteiger charge is 2.33. The molecule has 0 saturated carbocycles. The van der Waals surface area contributed by atoms with E-state index in [1.54, 1.807) is 24.3 Å². The van der Waals surface area contributed by atoms with Gasteiger partial charge in [0, 0.05) is 13.1 Å². The molecule has 0 bridgehead atoms. The minimum absolute atomic E-state index is 0.0284. The number of sulfonamides is 1. The second kappa shape index (κ2) is 14.4. The smallest absolute Gasteiger partial charge is 0.264 e. The predicted octanol–water partition coefficient (Wildman–Crippen LogP) is 5.49. The molecule has 0 aliphatic heterocycles. The first-order chi connectivity index (χ1) is 19.5. The van der Waals surface area contributed by atoms with Gasteiger partial charge in [-0.15, -0.1) is 0 Å². The number of amides is 2. The van der Waals surface area contributed by atoms with Crippen molar-refractivity contribution in [2.45, 2.75) is 58.0 Å². The topological polar surface area (TPSA) is 96.0 Å². The number of carbonyl (C=O) groups is 2. The summed E-state index contributed by atoms with van der Waals surface area (Å²) in [5.41, 5.74) is 2.98. The van der Waals surface area contributed by atoms with E-state index in [4.69, 9.17) is 16.3 Å². The Hall–Kier alpha value is -3.56. The van der Waals surface area contributed by atoms with Crippen molar-refractivity contribution in [2.24, 2.45) is 0 Å². The molecule has 0 heterocycles. The number of ether oxygens (including phenoxy) is 1. The Morgan fingerprint density at radius 2 is 1.56 bits per heavy atom. The first-order valence-corrected chi connectivity index (χ1v) is 15.4. The van der Waals surface area contributed by atoms with Crippen LogP contribution in [0.5, 0.6) is 5.75 Å². The molecule has 0 aromatic heterocycles. The van der Waals surface area contributed by atoms with Crippen LogP contribution in [0.3, 0.4) is 0 Å². The largest absolute Gasteiger partial charge is 0.495 e. The lowest BCUT2D eigenvalue weighted by Gasteiger charge is -2.33. The van der Waals surface area contributed by atoms with Crippen LogP contribution in [0, 0.1) is 13.8 Å². The zero-order chi connectivity index (χ0) is 30.2. The molecule has 41 heavy (non-hydrogen) atoms. The van der Waals surface area contributed by atoms with Crippen molar-refractivity contribution in [3.8, 4) is 5.75 Å². The van der Waals surface area contributed by atoms with Gasteiger partial charge in [-0.25, -0.2) is 8.42 Å². The number of methoxy groups -OCH3 is 1. The van der Waals surface area contributed by atoms with E-state index in [1.165, 1.54) is 30.2 Å². The number of halogens is 1. The van der Waals surface area contributed by atoms with Gasteiger partial charge in [0.1, 0.15) is 18.3 Å². The zero-order valence-corrected chi connectivity index (χ0v) is 25.8. The summed E-state index contributed by atoms with van der Waals surface area (Å²) in [6.45, 7) is 7.67. The quantitative estimate of drug-likeness (QED) is 0.280. The number of aryl methyl sites for hydroxylation is 2. The van der Waals surface area contributed by atoms with Crippen LogP contribution in [0.4, 0.5) is 5.69 Å². The van der Waals surface area contributed by atoms with Crippen LogP contribution >= 0.6 is 11.6 Å². The minimum Gasteiger partial charge on any atom is -0.495 e. The Kier molecular flexibility index (Phi) is 11.2. The predicted molar refractivity (Wildman–Crippen MR) is 163 cm³/mol. The van der Waals surface area contributed by atoms with Gasteiger partial charge in [0.2, 0.25) is 11.8 Å². The molecule has 0 spiro atoms. The number of nitrogens with one attached hydrogen (secondary N) is 1. The molecule has 3 aromatic rings. The number of nitrogens with zero attached hydrogens (tertiary/aromatic N) is 2. The van der Waals surface area contributed by atoms with Crippen LogP contribution in [0.1, 0.15) is 43.4 Å². The number of hydrogen-bond donors (Lipinski definition) is 1. The second-order valence-corrected chi connectivity index (χ2v) is 12.1. The average Bonchev–Trinajstić information content (AvgIpc) is 2.95. The third-order valence-electron chi connectivity index (χ3n) is 6.72. The third kappa shape index (κ3) is 8.01. The van der Waals surface area contributed by atoms with E-state index in [0.29, 0.717) is 18.7 Å². The fourth-order valence-corrected chi connectivity index (χ4v) is 6.01. The van der Waals surface area contributed by atoms with Crippen LogP contribution in [-0.4, -0.2) is 51.4 Å². The molecule has 220 valence electrons. The Morgan fingerprint density at radius 1 is 0.951 bits per heavy atom. The Bertz CT molecular complexity index is 1440. The van der Waals surface area contributed by atoms with Gasteiger partial charge in [-0.2, -0.15) is 0 Å². The summed E-state index contributed by atoms with van der Waals surface area (Å²) < 4.78 is 34.2. The summed E-state index contributed by atoms with van der Waals surface area (Å²) in [6.07, 6.45) is 1.10. The van der Waals surface area contributed by atoms with Gasteiger partial charge in [-0.05, 0) is 62.6 Å². The van der Waals surface area contributed by atoms with Crippen molar-refractivity contribution in [3.63, 3.8) is 0 Å². The van der Waals surface area contributed by atoms with E-state index in [0.717, 1.165) is 27.4 Å². The van der Waals surface area contributed by atoms with E-state index in [9.17, 15) is 18.0 Å². The Morgan fingerprint density at radius 3 is 2.10 bits per heavy atom. The molecule has 0 unspecified atom stereocenters. The van der Waals surface area contributed by atoms with E-state index in [2.05, 4.69) is 5.32 Å². The first-order valence-electron chi connectivity index (χ1n) is 13.6. The van der Waals surface area contributed by atoms with Gasteiger partial charge in [-0.3, -0.25) is 13.9 Å². The standard InChI is InChI=1S/C31H38ClN3O5S/c1-6-18-33-31(37)28(7-2)34(20-24-12-8-22(3)9-13-24)30(36)21-35(25-14-17-29(40-5)27(32)19-25)41(38,39)26-15-10-23(4)11-16-26/h8-17,19,28H,6-7,18,20-21H2,1-5H3,(H,33,37)/t28-/m1/s1. The number of rotatable bonds is 13. The summed E-state index contributed by atoms with van der Waals surface area (Å²) in [6, 6.07) is 17.8. The third-order valence-corrected chi connectivity index (χ3v) is 8.80. The second-order valence-electron chi connectivity index (χ2n) is 9.87. The van der Waals surface area contributed by atoms with Gasteiger partial charge in [0.05, 0.1) is 22.7 Å². The molecule has 0 aliphatic rings. The fourth-order valence-electron chi connectivity index (χ4n) is 4.35. The molecule has 1 atom stereocenters. The maximum Gasteiger partial charge on any atom is 0.264 e. The molecule has 0 radical (unpaired) electrons. The van der Waals surface area contributed by atoms with E-state index >= 15 is 0 Å². The summed E-state index contributed by atoms with van der Waals surface area (Å²) in [4.78, 5) is 28.8. The average molecular weight is 600 g/mol. The maximum absolute atomic E-state index is 14.1. The van der Waals surface area contributed by atoms with Crippen molar-refractivity contribution >= 4 is 39.1 Å². The molecule has 10 heteroatoms. The normalized spacial score (nSPS) is 12.0. The van der Waals surface area contributed by atoms with Gasteiger partial charge in [0.25, 0.3) is 10.0 Å². The Balaban J connectivity index is 2.08. The highest BCUT2D eigenvalue weighted by Crippen LogP contribution is 2.32. The number of hydrogen-bond acceptors (Lipinski definition) is 5. The van der Waals surface area contributed by atoms with Crippen LogP contribution < -0.4 is 14.4 Å². The van der Waals surface area contributed by atoms with Gasteiger partial charge in [-0.1, -0.05) is 73.0 Å². The molecule has 3 rings (SSSR count). The first kappa shape index (κ1) is 32.0. The van der Waals surface area contributed by atoms with Gasteiger partial charge >= 0.3 is 0 Å². The number of anilines is 1. The summed E-state index contributed by atoms with van der Waals surface area (Å²) in [7, 11) is -2.73. The van der Waals surface area contributed by atoms with Crippen molar-refractivity contribution in [3.05, 3.63) is 88.4 Å². The Labute approximate surface area is 248 Å². The summed E-state index contributed by atoms with van der Waals surface area (Å²) in [5, 5.41) is 3.08. The van der Waals surface area contributed by atoms with Crippen molar-refractivity contribution in [2.75, 3.05) is 24.5 Å². The van der Waals surface area contributed by atoms with Crippen LogP contribution in [0.2, 0.25) is 5.02 Å². The molecule has 0 fully saturated rings. The molecule has 1 N–H and O–H groups in total. The molecule has 2 amide bonds. The summed E-state index contributed by atoms with van der Waals surface area (Å²) in [5.74, 6) is -0.434. The number of benzene rings is 3. The van der Waals surface area contributed by atoms with Crippen molar-refractivity contribution in [1.29, 1.82) is 0 Å². The van der Waals surface area contributed by atoms with E-state index < -0.39 is 28.5 Å². The lowest BCUT2D eigenvalue weighted by atomic mass is 10.1. The van der Waals surface area contributed by atoms with E-state index in [-0.39, 0.29) is 28.1 Å². The minimum atomic E-state index is -4.20. The lowest BCUT2D eigenvalue weighted by Crippen LogP contribution is -2.52.